The van der Waals surface area contributed by atoms with Crippen molar-refractivity contribution in [2.45, 2.75) is 4.90 Å². The fourth-order valence-corrected chi connectivity index (χ4v) is 3.56. The van der Waals surface area contributed by atoms with Crippen molar-refractivity contribution in [3.05, 3.63) is 59.1 Å². The first-order chi connectivity index (χ1) is 12.5. The van der Waals surface area contributed by atoms with Gasteiger partial charge in [0.1, 0.15) is 12.4 Å². The lowest BCUT2D eigenvalue weighted by Crippen LogP contribution is -2.41. The van der Waals surface area contributed by atoms with E-state index in [1.54, 1.807) is 31.3 Å². The van der Waals surface area contributed by atoms with E-state index in [1.165, 1.54) is 0 Å². The van der Waals surface area contributed by atoms with Gasteiger partial charge in [-0.2, -0.15) is 0 Å². The van der Waals surface area contributed by atoms with Gasteiger partial charge in [0.25, 0.3) is 0 Å². The maximum atomic E-state index is 12.3. The normalized spacial score (nSPS) is 11.8. The highest BCUT2D eigenvalue weighted by atomic mass is 79.9. The Hall–Kier alpha value is -2.06. The van der Waals surface area contributed by atoms with E-state index >= 15 is 0 Å². The molecule has 2 aromatic rings. The molecule has 0 aromatic heterocycles. The summed E-state index contributed by atoms with van der Waals surface area (Å²) in [5.41, 5.74) is 0. The third-order valence-electron chi connectivity index (χ3n) is 3.47. The molecule has 0 saturated heterocycles. The standard InChI is InChI=1S/C18H22BrN3O3S/c1-20-18(21-11-13-25-16-5-3-2-4-6-16)22-12-14-26(23,24)17-9-7-15(19)8-10-17/h2-10H,11-14H2,1H3,(H2,20,21,22). The first-order valence-electron chi connectivity index (χ1n) is 8.12. The quantitative estimate of drug-likeness (QED) is 0.375. The molecule has 2 N–H and O–H groups in total. The molecule has 0 aliphatic heterocycles. The third-order valence-corrected chi connectivity index (χ3v) is 5.73. The Labute approximate surface area is 162 Å². The van der Waals surface area contributed by atoms with Crippen molar-refractivity contribution in [3.8, 4) is 5.75 Å². The van der Waals surface area contributed by atoms with Gasteiger partial charge in [-0.1, -0.05) is 34.1 Å². The lowest BCUT2D eigenvalue weighted by atomic mass is 10.3. The van der Waals surface area contributed by atoms with Gasteiger partial charge in [0, 0.05) is 18.1 Å². The molecular weight excluding hydrogens is 418 g/mol. The minimum Gasteiger partial charge on any atom is -0.492 e. The molecule has 0 bridgehead atoms. The Kier molecular flexibility index (Phi) is 7.93. The zero-order valence-corrected chi connectivity index (χ0v) is 16.9. The van der Waals surface area contributed by atoms with Crippen LogP contribution in [0, 0.1) is 0 Å². The summed E-state index contributed by atoms with van der Waals surface area (Å²) in [6.45, 7) is 1.29. The van der Waals surface area contributed by atoms with E-state index in [4.69, 9.17) is 4.74 Å². The maximum absolute atomic E-state index is 12.3. The average Bonchev–Trinajstić information content (AvgIpc) is 2.65. The number of nitrogens with zero attached hydrogens (tertiary/aromatic N) is 1. The van der Waals surface area contributed by atoms with Gasteiger partial charge in [0.15, 0.2) is 15.8 Å². The van der Waals surface area contributed by atoms with E-state index in [2.05, 4.69) is 31.6 Å². The molecule has 0 fully saturated rings. The van der Waals surface area contributed by atoms with Gasteiger partial charge in [-0.25, -0.2) is 8.42 Å². The average molecular weight is 440 g/mol. The second-order valence-electron chi connectivity index (χ2n) is 5.36. The summed E-state index contributed by atoms with van der Waals surface area (Å²) in [6, 6.07) is 16.1. The van der Waals surface area contributed by atoms with Crippen LogP contribution in [0.5, 0.6) is 5.75 Å². The first-order valence-corrected chi connectivity index (χ1v) is 10.6. The molecule has 8 heteroatoms. The molecule has 0 heterocycles. The summed E-state index contributed by atoms with van der Waals surface area (Å²) in [6.07, 6.45) is 0. The van der Waals surface area contributed by atoms with Gasteiger partial charge in [0.2, 0.25) is 0 Å². The van der Waals surface area contributed by atoms with Crippen molar-refractivity contribution < 1.29 is 13.2 Å². The molecule has 2 rings (SSSR count). The minimum atomic E-state index is -3.33. The van der Waals surface area contributed by atoms with Crippen LogP contribution in [0.4, 0.5) is 0 Å². The number of ether oxygens (including phenoxy) is 1. The Balaban J connectivity index is 1.72. The van der Waals surface area contributed by atoms with Crippen LogP contribution in [-0.2, 0) is 9.84 Å². The molecule has 0 aliphatic carbocycles. The second kappa shape index (κ2) is 10.2. The highest BCUT2D eigenvalue weighted by molar-refractivity contribution is 9.10. The second-order valence-corrected chi connectivity index (χ2v) is 8.38. The van der Waals surface area contributed by atoms with E-state index in [0.29, 0.717) is 24.0 Å². The monoisotopic (exact) mass is 439 g/mol. The molecule has 140 valence electrons. The largest absolute Gasteiger partial charge is 0.492 e. The van der Waals surface area contributed by atoms with Gasteiger partial charge in [-0.15, -0.1) is 0 Å². The zero-order chi connectivity index (χ0) is 18.8. The highest BCUT2D eigenvalue weighted by Gasteiger charge is 2.14. The van der Waals surface area contributed by atoms with Crippen molar-refractivity contribution >= 4 is 31.7 Å². The predicted molar refractivity (Wildman–Crippen MR) is 107 cm³/mol. The molecule has 0 unspecified atom stereocenters. The smallest absolute Gasteiger partial charge is 0.191 e. The van der Waals surface area contributed by atoms with Crippen LogP contribution in [0.15, 0.2) is 69.0 Å². The topological polar surface area (TPSA) is 79.8 Å². The summed E-state index contributed by atoms with van der Waals surface area (Å²) in [5.74, 6) is 1.32. The molecular formula is C18H22BrN3O3S. The summed E-state index contributed by atoms with van der Waals surface area (Å²) in [5, 5.41) is 6.09. The van der Waals surface area contributed by atoms with Crippen LogP contribution in [0.1, 0.15) is 0 Å². The molecule has 26 heavy (non-hydrogen) atoms. The molecule has 0 aliphatic rings. The molecule has 0 saturated carbocycles. The van der Waals surface area contributed by atoms with E-state index in [9.17, 15) is 8.42 Å². The van der Waals surface area contributed by atoms with Crippen molar-refractivity contribution in [2.75, 3.05) is 32.5 Å². The first kappa shape index (κ1) is 20.3. The van der Waals surface area contributed by atoms with Crippen LogP contribution in [0.25, 0.3) is 0 Å². The van der Waals surface area contributed by atoms with E-state index < -0.39 is 9.84 Å². The number of guanidine groups is 1. The third kappa shape index (κ3) is 6.68. The van der Waals surface area contributed by atoms with Crippen LogP contribution >= 0.6 is 15.9 Å². The fraction of sp³-hybridized carbons (Fsp3) is 0.278. The predicted octanol–water partition coefficient (Wildman–Crippen LogP) is 2.47. The van der Waals surface area contributed by atoms with E-state index in [0.717, 1.165) is 10.2 Å². The van der Waals surface area contributed by atoms with Gasteiger partial charge in [-0.05, 0) is 36.4 Å². The molecule has 0 radical (unpaired) electrons. The minimum absolute atomic E-state index is 0.0180. The molecule has 0 amide bonds. The lowest BCUT2D eigenvalue weighted by Gasteiger charge is -2.12. The van der Waals surface area contributed by atoms with Crippen LogP contribution in [0.3, 0.4) is 0 Å². The van der Waals surface area contributed by atoms with Crippen LogP contribution < -0.4 is 15.4 Å². The summed E-state index contributed by atoms with van der Waals surface area (Å²) < 4.78 is 31.0. The Bertz CT molecular complexity index is 809. The van der Waals surface area contributed by atoms with Gasteiger partial charge in [-0.3, -0.25) is 4.99 Å². The van der Waals surface area contributed by atoms with Gasteiger partial charge in [0.05, 0.1) is 17.2 Å². The van der Waals surface area contributed by atoms with Crippen LogP contribution in [-0.4, -0.2) is 46.9 Å². The summed E-state index contributed by atoms with van der Waals surface area (Å²) >= 11 is 3.30. The van der Waals surface area contributed by atoms with Crippen molar-refractivity contribution in [1.29, 1.82) is 0 Å². The number of nitrogens with one attached hydrogen (secondary N) is 2. The summed E-state index contributed by atoms with van der Waals surface area (Å²) in [4.78, 5) is 4.38. The fourth-order valence-electron chi connectivity index (χ4n) is 2.14. The van der Waals surface area contributed by atoms with E-state index in [1.807, 2.05) is 30.3 Å². The van der Waals surface area contributed by atoms with Crippen molar-refractivity contribution in [2.24, 2.45) is 4.99 Å². The number of aliphatic imine (C=N–C) groups is 1. The van der Waals surface area contributed by atoms with Crippen LogP contribution in [0.2, 0.25) is 0 Å². The number of para-hydroxylation sites is 1. The van der Waals surface area contributed by atoms with Crippen molar-refractivity contribution in [1.82, 2.24) is 10.6 Å². The van der Waals surface area contributed by atoms with E-state index in [-0.39, 0.29) is 12.3 Å². The Morgan fingerprint density at radius 2 is 1.69 bits per heavy atom. The maximum Gasteiger partial charge on any atom is 0.191 e. The van der Waals surface area contributed by atoms with Crippen molar-refractivity contribution in [3.63, 3.8) is 0 Å². The zero-order valence-electron chi connectivity index (χ0n) is 14.5. The number of hydrogen-bond donors (Lipinski definition) is 2. The number of halogens is 1. The van der Waals surface area contributed by atoms with Gasteiger partial charge < -0.3 is 15.4 Å². The molecule has 0 atom stereocenters. The number of sulfone groups is 1. The Morgan fingerprint density at radius 3 is 2.35 bits per heavy atom. The number of benzene rings is 2. The molecule has 0 spiro atoms. The summed E-state index contributed by atoms with van der Waals surface area (Å²) in [7, 11) is -1.70. The SMILES string of the molecule is CN=C(NCCOc1ccccc1)NCCS(=O)(=O)c1ccc(Br)cc1. The highest BCUT2D eigenvalue weighted by Crippen LogP contribution is 2.15. The molecule has 2 aromatic carbocycles. The Morgan fingerprint density at radius 1 is 1.04 bits per heavy atom. The molecule has 6 nitrogen and oxygen atoms in total. The number of rotatable bonds is 8. The lowest BCUT2D eigenvalue weighted by molar-refractivity contribution is 0.322. The van der Waals surface area contributed by atoms with Gasteiger partial charge >= 0.3 is 0 Å². The number of hydrogen-bond acceptors (Lipinski definition) is 4.